The van der Waals surface area contributed by atoms with Gasteiger partial charge in [-0.1, -0.05) is 12.1 Å². The van der Waals surface area contributed by atoms with E-state index in [9.17, 15) is 9.59 Å². The van der Waals surface area contributed by atoms with Gasteiger partial charge >= 0.3 is 13.2 Å². The zero-order valence-corrected chi connectivity index (χ0v) is 19.8. The maximum absolute atomic E-state index is 13.0. The highest BCUT2D eigenvalue weighted by molar-refractivity contribution is 6.62. The average Bonchev–Trinajstić information content (AvgIpc) is 2.87. The Hall–Kier alpha value is -2.06. The molecule has 8 heteroatoms. The highest BCUT2D eigenvalue weighted by Crippen LogP contribution is 2.36. The van der Waals surface area contributed by atoms with Gasteiger partial charge in [0.2, 0.25) is 0 Å². The van der Waals surface area contributed by atoms with Gasteiger partial charge in [0.25, 0.3) is 5.91 Å². The SMILES string of the molecule is CC(C)(C)OC(=O)NC1CCCN(C(=O)c2ccc(B3OC(C)(C)C(C)(C)O3)cc2)C1. The van der Waals surface area contributed by atoms with E-state index in [0.29, 0.717) is 18.7 Å². The molecule has 0 bridgehead atoms. The molecule has 3 rings (SSSR count). The third-order valence-electron chi connectivity index (χ3n) is 6.11. The summed E-state index contributed by atoms with van der Waals surface area (Å²) in [5.41, 5.74) is 0.135. The van der Waals surface area contributed by atoms with Crippen LogP contribution in [0.3, 0.4) is 0 Å². The van der Waals surface area contributed by atoms with E-state index < -0.39 is 30.0 Å². The number of ether oxygens (including phenoxy) is 1. The molecule has 2 fully saturated rings. The lowest BCUT2D eigenvalue weighted by Gasteiger charge is -2.33. The summed E-state index contributed by atoms with van der Waals surface area (Å²) in [4.78, 5) is 26.9. The van der Waals surface area contributed by atoms with Crippen molar-refractivity contribution in [3.05, 3.63) is 29.8 Å². The number of hydrogen-bond donors (Lipinski definition) is 1. The molecule has 1 aromatic carbocycles. The molecule has 7 nitrogen and oxygen atoms in total. The largest absolute Gasteiger partial charge is 0.494 e. The Balaban J connectivity index is 1.61. The number of likely N-dealkylation sites (tertiary alicyclic amines) is 1. The van der Waals surface area contributed by atoms with Gasteiger partial charge in [-0.2, -0.15) is 0 Å². The number of nitrogens with one attached hydrogen (secondary N) is 1. The van der Waals surface area contributed by atoms with Gasteiger partial charge in [0.15, 0.2) is 0 Å². The summed E-state index contributed by atoms with van der Waals surface area (Å²) in [6, 6.07) is 7.28. The van der Waals surface area contributed by atoms with Crippen LogP contribution in [0.15, 0.2) is 24.3 Å². The molecule has 2 aliphatic heterocycles. The van der Waals surface area contributed by atoms with E-state index in [0.717, 1.165) is 18.3 Å². The number of nitrogens with zero attached hydrogens (tertiary/aromatic N) is 1. The molecule has 0 radical (unpaired) electrons. The van der Waals surface area contributed by atoms with E-state index in [1.807, 2.05) is 72.7 Å². The first-order valence-corrected chi connectivity index (χ1v) is 11.0. The molecule has 2 heterocycles. The number of rotatable bonds is 3. The van der Waals surface area contributed by atoms with Crippen molar-refractivity contribution in [2.24, 2.45) is 0 Å². The third-order valence-corrected chi connectivity index (χ3v) is 6.11. The molecule has 2 aliphatic rings. The van der Waals surface area contributed by atoms with Crippen LogP contribution in [0, 0.1) is 0 Å². The van der Waals surface area contributed by atoms with Crippen molar-refractivity contribution < 1.29 is 23.6 Å². The number of carbonyl (C=O) groups excluding carboxylic acids is 2. The minimum Gasteiger partial charge on any atom is -0.444 e. The van der Waals surface area contributed by atoms with Crippen LogP contribution in [0.25, 0.3) is 0 Å². The molecule has 1 atom stereocenters. The Labute approximate surface area is 185 Å². The van der Waals surface area contributed by atoms with Crippen molar-refractivity contribution in [3.8, 4) is 0 Å². The number of piperidine rings is 1. The molecule has 0 spiro atoms. The molecule has 0 aromatic heterocycles. The maximum Gasteiger partial charge on any atom is 0.494 e. The Kier molecular flexibility index (Phi) is 6.45. The van der Waals surface area contributed by atoms with Crippen LogP contribution in [0.4, 0.5) is 4.79 Å². The van der Waals surface area contributed by atoms with Crippen molar-refractivity contribution >= 4 is 24.6 Å². The molecule has 1 N–H and O–H groups in total. The third kappa shape index (κ3) is 5.60. The predicted molar refractivity (Wildman–Crippen MR) is 120 cm³/mol. The zero-order chi connectivity index (χ0) is 23.0. The monoisotopic (exact) mass is 430 g/mol. The van der Waals surface area contributed by atoms with E-state index in [4.69, 9.17) is 14.0 Å². The normalized spacial score (nSPS) is 22.9. The predicted octanol–water partition coefficient (Wildman–Crippen LogP) is 3.12. The lowest BCUT2D eigenvalue weighted by Crippen LogP contribution is -2.50. The minimum absolute atomic E-state index is 0.0452. The molecule has 31 heavy (non-hydrogen) atoms. The fourth-order valence-electron chi connectivity index (χ4n) is 3.70. The van der Waals surface area contributed by atoms with Crippen LogP contribution in [-0.2, 0) is 14.0 Å². The second kappa shape index (κ2) is 8.47. The molecular weight excluding hydrogens is 395 g/mol. The number of alkyl carbamates (subject to hydrolysis) is 1. The molecule has 2 amide bonds. The Morgan fingerprint density at radius 2 is 1.68 bits per heavy atom. The summed E-state index contributed by atoms with van der Waals surface area (Å²) in [5.74, 6) is -0.0452. The molecule has 170 valence electrons. The van der Waals surface area contributed by atoms with Crippen molar-refractivity contribution in [2.75, 3.05) is 13.1 Å². The first kappa shape index (κ1) is 23.6. The smallest absolute Gasteiger partial charge is 0.444 e. The number of benzene rings is 1. The number of hydrogen-bond acceptors (Lipinski definition) is 5. The summed E-state index contributed by atoms with van der Waals surface area (Å²) in [7, 11) is -0.452. The first-order valence-electron chi connectivity index (χ1n) is 11.0. The summed E-state index contributed by atoms with van der Waals surface area (Å²) >= 11 is 0. The lowest BCUT2D eigenvalue weighted by atomic mass is 9.79. The fourth-order valence-corrected chi connectivity index (χ4v) is 3.70. The van der Waals surface area contributed by atoms with Crippen molar-refractivity contribution in [1.82, 2.24) is 10.2 Å². The quantitative estimate of drug-likeness (QED) is 0.746. The second-order valence-electron chi connectivity index (χ2n) is 10.4. The Bertz CT molecular complexity index is 800. The summed E-state index contributed by atoms with van der Waals surface area (Å²) < 4.78 is 17.5. The van der Waals surface area contributed by atoms with Crippen LogP contribution < -0.4 is 10.8 Å². The van der Waals surface area contributed by atoms with Crippen molar-refractivity contribution in [3.63, 3.8) is 0 Å². The molecule has 2 saturated heterocycles. The van der Waals surface area contributed by atoms with Crippen LogP contribution >= 0.6 is 0 Å². The molecular formula is C23H35BN2O5. The Morgan fingerprint density at radius 1 is 1.10 bits per heavy atom. The summed E-state index contributed by atoms with van der Waals surface area (Å²) in [6.45, 7) is 14.7. The van der Waals surface area contributed by atoms with Gasteiger partial charge in [0.1, 0.15) is 5.60 Å². The highest BCUT2D eigenvalue weighted by Gasteiger charge is 2.51. The zero-order valence-electron chi connectivity index (χ0n) is 19.8. The highest BCUT2D eigenvalue weighted by atomic mass is 16.7. The van der Waals surface area contributed by atoms with E-state index in [1.165, 1.54) is 0 Å². The standard InChI is InChI=1S/C23H35BN2O5/c1-21(2,3)29-20(28)25-18-9-8-14-26(15-18)19(27)16-10-12-17(13-11-16)24-30-22(4,5)23(6,7)31-24/h10-13,18H,8-9,14-15H2,1-7H3,(H,25,28). The van der Waals surface area contributed by atoms with Gasteiger partial charge in [-0.3, -0.25) is 4.79 Å². The molecule has 0 aliphatic carbocycles. The summed E-state index contributed by atoms with van der Waals surface area (Å²) in [6.07, 6.45) is 1.21. The fraction of sp³-hybridized carbons (Fsp3) is 0.652. The van der Waals surface area contributed by atoms with E-state index in [1.54, 1.807) is 4.90 Å². The van der Waals surface area contributed by atoms with Gasteiger partial charge in [0.05, 0.1) is 11.2 Å². The number of carbonyl (C=O) groups is 2. The van der Waals surface area contributed by atoms with Crippen molar-refractivity contribution in [2.45, 2.75) is 84.2 Å². The lowest BCUT2D eigenvalue weighted by molar-refractivity contribution is 0.00578. The molecule has 1 unspecified atom stereocenters. The van der Waals surface area contributed by atoms with E-state index >= 15 is 0 Å². The topological polar surface area (TPSA) is 77.1 Å². The van der Waals surface area contributed by atoms with E-state index in [-0.39, 0.29) is 11.9 Å². The van der Waals surface area contributed by atoms with Crippen LogP contribution in [0.5, 0.6) is 0 Å². The summed E-state index contributed by atoms with van der Waals surface area (Å²) in [5, 5.41) is 2.89. The van der Waals surface area contributed by atoms with Gasteiger partial charge < -0.3 is 24.3 Å². The first-order chi connectivity index (χ1) is 14.3. The van der Waals surface area contributed by atoms with Crippen molar-refractivity contribution in [1.29, 1.82) is 0 Å². The van der Waals surface area contributed by atoms with Gasteiger partial charge in [-0.15, -0.1) is 0 Å². The second-order valence-corrected chi connectivity index (χ2v) is 10.4. The van der Waals surface area contributed by atoms with Crippen LogP contribution in [0.1, 0.15) is 71.7 Å². The molecule has 1 aromatic rings. The van der Waals surface area contributed by atoms with E-state index in [2.05, 4.69) is 5.32 Å². The number of amides is 2. The van der Waals surface area contributed by atoms with Crippen LogP contribution in [-0.4, -0.2) is 60.0 Å². The average molecular weight is 430 g/mol. The van der Waals surface area contributed by atoms with Crippen LogP contribution in [0.2, 0.25) is 0 Å². The van der Waals surface area contributed by atoms with Gasteiger partial charge in [0, 0.05) is 24.7 Å². The van der Waals surface area contributed by atoms with Gasteiger partial charge in [-0.25, -0.2) is 4.79 Å². The molecule has 0 saturated carbocycles. The Morgan fingerprint density at radius 3 is 2.23 bits per heavy atom. The minimum atomic E-state index is -0.548. The maximum atomic E-state index is 13.0. The van der Waals surface area contributed by atoms with Gasteiger partial charge in [-0.05, 0) is 78.9 Å².